The van der Waals surface area contributed by atoms with Crippen molar-refractivity contribution in [3.8, 4) is 22.5 Å². The molecule has 1 N–H and O–H groups in total. The maximum absolute atomic E-state index is 12.6. The second-order valence-electron chi connectivity index (χ2n) is 8.13. The van der Waals surface area contributed by atoms with E-state index in [0.29, 0.717) is 6.54 Å². The number of hydrogen-bond donors (Lipinski definition) is 1. The fraction of sp³-hybridized carbons (Fsp3) is 0.148. The standard InChI is InChI=1S/C27H25N5O/c1-20(28-18-21-10-4-2-5-11-21)19-32-25(33)16-15-23(29-32)26-24-14-8-9-17-31(24)30-27(26)22-12-6-3-7-13-22/h2-17,20,28H,18-19H2,1H3. The van der Waals surface area contributed by atoms with Gasteiger partial charge in [0.2, 0.25) is 0 Å². The van der Waals surface area contributed by atoms with Crippen LogP contribution in [0.1, 0.15) is 12.5 Å². The molecular weight excluding hydrogens is 410 g/mol. The molecule has 3 aromatic heterocycles. The van der Waals surface area contributed by atoms with Gasteiger partial charge in [-0.05, 0) is 30.7 Å². The van der Waals surface area contributed by atoms with Crippen LogP contribution in [0.2, 0.25) is 0 Å². The summed E-state index contributed by atoms with van der Waals surface area (Å²) in [5.74, 6) is 0. The highest BCUT2D eigenvalue weighted by Crippen LogP contribution is 2.33. The van der Waals surface area contributed by atoms with Gasteiger partial charge in [-0.3, -0.25) is 4.79 Å². The van der Waals surface area contributed by atoms with Crippen LogP contribution in [0.3, 0.4) is 0 Å². The molecular formula is C27H25N5O. The minimum atomic E-state index is -0.121. The molecule has 0 saturated carbocycles. The lowest BCUT2D eigenvalue weighted by atomic mass is 10.0. The lowest BCUT2D eigenvalue weighted by Gasteiger charge is -2.15. The van der Waals surface area contributed by atoms with Gasteiger partial charge < -0.3 is 5.32 Å². The van der Waals surface area contributed by atoms with Gasteiger partial charge in [0.1, 0.15) is 5.69 Å². The molecule has 0 bridgehead atoms. The molecule has 0 spiro atoms. The number of pyridine rings is 1. The fourth-order valence-corrected chi connectivity index (χ4v) is 3.97. The number of aromatic nitrogens is 4. The Balaban J connectivity index is 1.49. The van der Waals surface area contributed by atoms with Gasteiger partial charge in [0.05, 0.1) is 23.3 Å². The van der Waals surface area contributed by atoms with Crippen molar-refractivity contribution < 1.29 is 0 Å². The summed E-state index contributed by atoms with van der Waals surface area (Å²) in [5, 5.41) is 13.0. The van der Waals surface area contributed by atoms with Crippen LogP contribution >= 0.6 is 0 Å². The van der Waals surface area contributed by atoms with Crippen molar-refractivity contribution in [2.24, 2.45) is 0 Å². The molecule has 3 heterocycles. The van der Waals surface area contributed by atoms with E-state index in [9.17, 15) is 4.79 Å². The lowest BCUT2D eigenvalue weighted by Crippen LogP contribution is -2.35. The van der Waals surface area contributed by atoms with Crippen LogP contribution < -0.4 is 10.9 Å². The van der Waals surface area contributed by atoms with Crippen LogP contribution in [0.4, 0.5) is 0 Å². The molecule has 164 valence electrons. The minimum absolute atomic E-state index is 0.0724. The average molecular weight is 436 g/mol. The third kappa shape index (κ3) is 4.47. The summed E-state index contributed by atoms with van der Waals surface area (Å²) < 4.78 is 3.40. The average Bonchev–Trinajstić information content (AvgIpc) is 3.25. The Morgan fingerprint density at radius 3 is 2.36 bits per heavy atom. The highest BCUT2D eigenvalue weighted by molar-refractivity contribution is 5.90. The molecule has 0 fully saturated rings. The molecule has 1 atom stereocenters. The molecule has 33 heavy (non-hydrogen) atoms. The molecule has 0 saturated heterocycles. The van der Waals surface area contributed by atoms with Crippen molar-refractivity contribution in [3.63, 3.8) is 0 Å². The summed E-state index contributed by atoms with van der Waals surface area (Å²) >= 11 is 0. The van der Waals surface area contributed by atoms with E-state index in [-0.39, 0.29) is 11.6 Å². The number of hydrogen-bond acceptors (Lipinski definition) is 4. The Labute approximate surface area is 192 Å². The molecule has 6 nitrogen and oxygen atoms in total. The van der Waals surface area contributed by atoms with Crippen molar-refractivity contribution in [1.29, 1.82) is 0 Å². The van der Waals surface area contributed by atoms with Gasteiger partial charge in [0.15, 0.2) is 0 Å². The molecule has 0 aliphatic heterocycles. The largest absolute Gasteiger partial charge is 0.308 e. The zero-order valence-electron chi connectivity index (χ0n) is 18.4. The quantitative estimate of drug-likeness (QED) is 0.411. The van der Waals surface area contributed by atoms with E-state index in [1.54, 1.807) is 16.8 Å². The minimum Gasteiger partial charge on any atom is -0.308 e. The van der Waals surface area contributed by atoms with Gasteiger partial charge >= 0.3 is 0 Å². The lowest BCUT2D eigenvalue weighted by molar-refractivity contribution is 0.438. The third-order valence-corrected chi connectivity index (χ3v) is 5.65. The first-order valence-corrected chi connectivity index (χ1v) is 11.1. The third-order valence-electron chi connectivity index (χ3n) is 5.65. The number of nitrogens with zero attached hydrogens (tertiary/aromatic N) is 4. The zero-order valence-corrected chi connectivity index (χ0v) is 18.4. The number of nitrogens with one attached hydrogen (secondary N) is 1. The van der Waals surface area contributed by atoms with Gasteiger partial charge in [-0.1, -0.05) is 66.7 Å². The van der Waals surface area contributed by atoms with Crippen LogP contribution in [0.5, 0.6) is 0 Å². The van der Waals surface area contributed by atoms with E-state index in [1.165, 1.54) is 5.56 Å². The summed E-state index contributed by atoms with van der Waals surface area (Å²) in [6.45, 7) is 3.27. The Kier molecular flexibility index (Phi) is 5.83. The van der Waals surface area contributed by atoms with Crippen molar-refractivity contribution in [2.45, 2.75) is 26.1 Å². The predicted molar refractivity (Wildman–Crippen MR) is 131 cm³/mol. The number of benzene rings is 2. The van der Waals surface area contributed by atoms with E-state index in [4.69, 9.17) is 10.2 Å². The summed E-state index contributed by atoms with van der Waals surface area (Å²) in [4.78, 5) is 12.6. The van der Waals surface area contributed by atoms with E-state index >= 15 is 0 Å². The van der Waals surface area contributed by atoms with Crippen LogP contribution in [0, 0.1) is 0 Å². The second-order valence-corrected chi connectivity index (χ2v) is 8.13. The van der Waals surface area contributed by atoms with E-state index in [0.717, 1.165) is 34.6 Å². The molecule has 6 heteroatoms. The maximum Gasteiger partial charge on any atom is 0.266 e. The zero-order chi connectivity index (χ0) is 22.6. The number of fused-ring (bicyclic) bond motifs is 1. The fourth-order valence-electron chi connectivity index (χ4n) is 3.97. The Bertz CT molecular complexity index is 1420. The van der Waals surface area contributed by atoms with Gasteiger partial charge in [-0.2, -0.15) is 10.2 Å². The van der Waals surface area contributed by atoms with E-state index in [1.807, 2.05) is 77.4 Å². The van der Waals surface area contributed by atoms with Crippen molar-refractivity contribution in [2.75, 3.05) is 0 Å². The van der Waals surface area contributed by atoms with Crippen LogP contribution in [-0.4, -0.2) is 25.4 Å². The monoisotopic (exact) mass is 435 g/mol. The van der Waals surface area contributed by atoms with Gasteiger partial charge in [0.25, 0.3) is 5.56 Å². The molecule has 0 aliphatic carbocycles. The SMILES string of the molecule is CC(Cn1nc(-c2c(-c3ccccc3)nn3ccccc23)ccc1=O)NCc1ccccc1. The predicted octanol–water partition coefficient (Wildman–Crippen LogP) is 4.40. The Morgan fingerprint density at radius 2 is 1.58 bits per heavy atom. The smallest absolute Gasteiger partial charge is 0.266 e. The van der Waals surface area contributed by atoms with Crippen molar-refractivity contribution in [3.05, 3.63) is 113 Å². The summed E-state index contributed by atoms with van der Waals surface area (Å²) in [6.07, 6.45) is 1.93. The highest BCUT2D eigenvalue weighted by atomic mass is 16.1. The summed E-state index contributed by atoms with van der Waals surface area (Å²) in [5.41, 5.74) is 5.53. The second kappa shape index (κ2) is 9.22. The summed E-state index contributed by atoms with van der Waals surface area (Å²) in [6, 6.07) is 29.7. The first-order valence-electron chi connectivity index (χ1n) is 11.1. The normalized spacial score (nSPS) is 12.2. The molecule has 2 aromatic carbocycles. The highest BCUT2D eigenvalue weighted by Gasteiger charge is 2.18. The number of rotatable bonds is 7. The topological polar surface area (TPSA) is 64.2 Å². The van der Waals surface area contributed by atoms with Gasteiger partial charge in [-0.25, -0.2) is 9.20 Å². The molecule has 0 amide bonds. The van der Waals surface area contributed by atoms with Gasteiger partial charge in [0, 0.05) is 30.4 Å². The molecule has 5 aromatic rings. The maximum atomic E-state index is 12.6. The van der Waals surface area contributed by atoms with E-state index < -0.39 is 0 Å². The van der Waals surface area contributed by atoms with Crippen molar-refractivity contribution in [1.82, 2.24) is 24.7 Å². The van der Waals surface area contributed by atoms with Crippen LogP contribution in [0.15, 0.2) is 102 Å². The molecule has 5 rings (SSSR count). The van der Waals surface area contributed by atoms with E-state index in [2.05, 4.69) is 24.4 Å². The molecule has 0 radical (unpaired) electrons. The van der Waals surface area contributed by atoms with Gasteiger partial charge in [-0.15, -0.1) is 0 Å². The first kappa shape index (κ1) is 20.8. The Hall–Kier alpha value is -4.03. The Morgan fingerprint density at radius 1 is 0.848 bits per heavy atom. The molecule has 1 unspecified atom stereocenters. The van der Waals surface area contributed by atoms with Crippen molar-refractivity contribution >= 4 is 5.52 Å². The molecule has 0 aliphatic rings. The van der Waals surface area contributed by atoms with Crippen LogP contribution in [-0.2, 0) is 13.1 Å². The first-order chi connectivity index (χ1) is 16.2. The van der Waals surface area contributed by atoms with Crippen LogP contribution in [0.25, 0.3) is 28.0 Å². The summed E-state index contributed by atoms with van der Waals surface area (Å²) in [7, 11) is 0.